The van der Waals surface area contributed by atoms with Gasteiger partial charge in [-0.05, 0) is 30.7 Å². The number of benzene rings is 1. The first kappa shape index (κ1) is 14.0. The van der Waals surface area contributed by atoms with E-state index in [1.165, 1.54) is 5.56 Å². The molecule has 0 fully saturated rings. The highest BCUT2D eigenvalue weighted by molar-refractivity contribution is 5.53. The maximum atomic E-state index is 9.22. The first-order valence-electron chi connectivity index (χ1n) is 6.69. The molecule has 0 unspecified atom stereocenters. The zero-order chi connectivity index (χ0) is 14.2. The fraction of sp³-hybridized carbons (Fsp3) is 0.250. The van der Waals surface area contributed by atoms with Gasteiger partial charge in [-0.3, -0.25) is 0 Å². The second-order valence-corrected chi connectivity index (χ2v) is 4.54. The van der Waals surface area contributed by atoms with Gasteiger partial charge in [0, 0.05) is 19.3 Å². The van der Waals surface area contributed by atoms with E-state index >= 15 is 0 Å². The topological polar surface area (TPSA) is 65.9 Å². The van der Waals surface area contributed by atoms with Crippen molar-refractivity contribution < 1.29 is 0 Å². The molecule has 0 saturated heterocycles. The summed E-state index contributed by atoms with van der Waals surface area (Å²) in [7, 11) is 0. The van der Waals surface area contributed by atoms with Gasteiger partial charge in [-0.1, -0.05) is 30.3 Å². The Bertz CT molecular complexity index is 575. The lowest BCUT2D eigenvalue weighted by Gasteiger charge is -2.24. The minimum absolute atomic E-state index is 0.598. The summed E-state index contributed by atoms with van der Waals surface area (Å²) >= 11 is 0. The van der Waals surface area contributed by atoms with E-state index in [1.807, 2.05) is 18.2 Å². The molecule has 4 nitrogen and oxygen atoms in total. The van der Waals surface area contributed by atoms with E-state index in [-0.39, 0.29) is 0 Å². The molecule has 1 aromatic carbocycles. The highest BCUT2D eigenvalue weighted by Crippen LogP contribution is 2.19. The largest absolute Gasteiger partial charge is 0.351 e. The molecule has 1 heterocycles. The molecule has 4 heteroatoms. The van der Waals surface area contributed by atoms with Crippen LogP contribution in [0.5, 0.6) is 0 Å². The van der Waals surface area contributed by atoms with Crippen molar-refractivity contribution in [2.45, 2.75) is 13.0 Å². The minimum Gasteiger partial charge on any atom is -0.351 e. The predicted molar refractivity (Wildman–Crippen MR) is 80.1 cm³/mol. The summed E-state index contributed by atoms with van der Waals surface area (Å²) in [5.74, 6) is 0.729. The van der Waals surface area contributed by atoms with E-state index in [0.29, 0.717) is 12.1 Å². The number of hydrogen-bond donors (Lipinski definition) is 1. The van der Waals surface area contributed by atoms with Crippen LogP contribution in [0.2, 0.25) is 0 Å². The van der Waals surface area contributed by atoms with Crippen molar-refractivity contribution in [2.75, 3.05) is 18.0 Å². The van der Waals surface area contributed by atoms with Crippen LogP contribution in [-0.2, 0) is 6.54 Å². The van der Waals surface area contributed by atoms with Crippen molar-refractivity contribution in [3.8, 4) is 6.07 Å². The molecule has 0 radical (unpaired) electrons. The molecule has 0 amide bonds. The van der Waals surface area contributed by atoms with Crippen LogP contribution in [0, 0.1) is 11.3 Å². The van der Waals surface area contributed by atoms with Crippen molar-refractivity contribution in [1.82, 2.24) is 4.98 Å². The second-order valence-electron chi connectivity index (χ2n) is 4.54. The lowest BCUT2D eigenvalue weighted by molar-refractivity contribution is 0.725. The van der Waals surface area contributed by atoms with Gasteiger partial charge < -0.3 is 10.6 Å². The fourth-order valence-corrected chi connectivity index (χ4v) is 2.08. The quantitative estimate of drug-likeness (QED) is 0.871. The third kappa shape index (κ3) is 3.56. The summed E-state index contributed by atoms with van der Waals surface area (Å²) in [4.78, 5) is 6.47. The molecule has 102 valence electrons. The number of rotatable bonds is 6. The van der Waals surface area contributed by atoms with Crippen molar-refractivity contribution in [3.05, 3.63) is 59.8 Å². The van der Waals surface area contributed by atoms with Crippen LogP contribution in [0.1, 0.15) is 17.5 Å². The van der Waals surface area contributed by atoms with Crippen molar-refractivity contribution in [2.24, 2.45) is 5.73 Å². The van der Waals surface area contributed by atoms with Crippen molar-refractivity contribution in [1.29, 1.82) is 5.26 Å². The van der Waals surface area contributed by atoms with Gasteiger partial charge in [-0.2, -0.15) is 5.26 Å². The minimum atomic E-state index is 0.598. The van der Waals surface area contributed by atoms with E-state index in [0.717, 1.165) is 25.3 Å². The van der Waals surface area contributed by atoms with Crippen molar-refractivity contribution in [3.63, 3.8) is 0 Å². The Morgan fingerprint density at radius 1 is 1.15 bits per heavy atom. The molecule has 0 bridgehead atoms. The number of aromatic nitrogens is 1. The number of anilines is 1. The molecule has 0 aliphatic heterocycles. The monoisotopic (exact) mass is 266 g/mol. The third-order valence-corrected chi connectivity index (χ3v) is 3.06. The van der Waals surface area contributed by atoms with Gasteiger partial charge in [0.2, 0.25) is 0 Å². The number of nitriles is 1. The number of hydrogen-bond acceptors (Lipinski definition) is 4. The molecule has 2 aromatic rings. The van der Waals surface area contributed by atoms with Crippen LogP contribution in [0.15, 0.2) is 48.7 Å². The highest BCUT2D eigenvalue weighted by atomic mass is 15.2. The fourth-order valence-electron chi connectivity index (χ4n) is 2.08. The molecule has 0 aliphatic carbocycles. The van der Waals surface area contributed by atoms with Crippen LogP contribution in [0.3, 0.4) is 0 Å². The first-order chi connectivity index (χ1) is 9.85. The standard InChI is InChI=1S/C16H18N4/c17-9-5-11-20(13-14-6-2-1-3-7-14)16-15(12-18)8-4-10-19-16/h1-4,6-8,10H,5,9,11,13,17H2. The summed E-state index contributed by atoms with van der Waals surface area (Å²) < 4.78 is 0. The highest BCUT2D eigenvalue weighted by Gasteiger charge is 2.12. The van der Waals surface area contributed by atoms with E-state index in [1.54, 1.807) is 18.3 Å². The number of nitrogens with two attached hydrogens (primary N) is 1. The Morgan fingerprint density at radius 2 is 1.95 bits per heavy atom. The Morgan fingerprint density at radius 3 is 2.65 bits per heavy atom. The summed E-state index contributed by atoms with van der Waals surface area (Å²) in [5, 5.41) is 9.22. The summed E-state index contributed by atoms with van der Waals surface area (Å²) in [6, 6.07) is 16.0. The first-order valence-corrected chi connectivity index (χ1v) is 6.69. The van der Waals surface area contributed by atoms with E-state index in [2.05, 4.69) is 28.1 Å². The zero-order valence-electron chi connectivity index (χ0n) is 11.4. The Labute approximate surface area is 119 Å². The van der Waals surface area contributed by atoms with Gasteiger partial charge in [0.1, 0.15) is 11.9 Å². The lowest BCUT2D eigenvalue weighted by atomic mass is 10.2. The van der Waals surface area contributed by atoms with E-state index < -0.39 is 0 Å². The zero-order valence-corrected chi connectivity index (χ0v) is 11.4. The van der Waals surface area contributed by atoms with Crippen LogP contribution in [0.4, 0.5) is 5.82 Å². The summed E-state index contributed by atoms with van der Waals surface area (Å²) in [6.45, 7) is 2.14. The average Bonchev–Trinajstić information content (AvgIpc) is 2.52. The smallest absolute Gasteiger partial charge is 0.146 e. The molecule has 20 heavy (non-hydrogen) atoms. The Hall–Kier alpha value is -2.38. The molecule has 0 aliphatic rings. The number of nitrogens with zero attached hydrogens (tertiary/aromatic N) is 3. The van der Waals surface area contributed by atoms with Crippen LogP contribution in [0.25, 0.3) is 0 Å². The van der Waals surface area contributed by atoms with Gasteiger partial charge in [0.25, 0.3) is 0 Å². The van der Waals surface area contributed by atoms with Gasteiger partial charge in [0.05, 0.1) is 5.56 Å². The molecule has 2 rings (SSSR count). The third-order valence-electron chi connectivity index (χ3n) is 3.06. The molecular formula is C16H18N4. The average molecular weight is 266 g/mol. The van der Waals surface area contributed by atoms with Crippen LogP contribution < -0.4 is 10.6 Å². The van der Waals surface area contributed by atoms with Gasteiger partial charge in [0.15, 0.2) is 0 Å². The summed E-state index contributed by atoms with van der Waals surface area (Å²) in [6.07, 6.45) is 2.59. The lowest BCUT2D eigenvalue weighted by Crippen LogP contribution is -2.27. The maximum Gasteiger partial charge on any atom is 0.146 e. The van der Waals surface area contributed by atoms with E-state index in [4.69, 9.17) is 5.73 Å². The van der Waals surface area contributed by atoms with Crippen LogP contribution in [-0.4, -0.2) is 18.1 Å². The Kier molecular flexibility index (Phi) is 5.10. The molecule has 0 saturated carbocycles. The van der Waals surface area contributed by atoms with Gasteiger partial charge in [-0.15, -0.1) is 0 Å². The molecule has 1 aromatic heterocycles. The summed E-state index contributed by atoms with van der Waals surface area (Å²) in [5.41, 5.74) is 7.40. The molecule has 2 N–H and O–H groups in total. The Balaban J connectivity index is 2.25. The second kappa shape index (κ2) is 7.27. The van der Waals surface area contributed by atoms with Crippen LogP contribution >= 0.6 is 0 Å². The number of pyridine rings is 1. The van der Waals surface area contributed by atoms with Gasteiger partial charge in [-0.25, -0.2) is 4.98 Å². The molecule has 0 spiro atoms. The molecular weight excluding hydrogens is 248 g/mol. The van der Waals surface area contributed by atoms with Gasteiger partial charge >= 0.3 is 0 Å². The maximum absolute atomic E-state index is 9.22. The predicted octanol–water partition coefficient (Wildman–Crippen LogP) is 2.31. The molecule has 0 atom stereocenters. The van der Waals surface area contributed by atoms with Crippen molar-refractivity contribution >= 4 is 5.82 Å². The SMILES string of the molecule is N#Cc1cccnc1N(CCCN)Cc1ccccc1. The normalized spacial score (nSPS) is 10.0. The van der Waals surface area contributed by atoms with E-state index in [9.17, 15) is 5.26 Å².